The number of hydrogen-bond acceptors (Lipinski definition) is 2. The van der Waals surface area contributed by atoms with Crippen molar-refractivity contribution in [1.29, 1.82) is 0 Å². The van der Waals surface area contributed by atoms with E-state index < -0.39 is 5.60 Å². The van der Waals surface area contributed by atoms with Crippen molar-refractivity contribution in [1.82, 2.24) is 0 Å². The van der Waals surface area contributed by atoms with Gasteiger partial charge in [-0.15, -0.1) is 13.2 Å². The van der Waals surface area contributed by atoms with Crippen LogP contribution in [0.4, 0.5) is 0 Å². The average molecular weight is 341 g/mol. The molecule has 0 aliphatic heterocycles. The van der Waals surface area contributed by atoms with Crippen molar-refractivity contribution in [3.8, 4) is 5.75 Å². The first-order valence-corrected chi connectivity index (χ1v) is 9.04. The topological polar surface area (TPSA) is 40.5 Å². The fourth-order valence-corrected chi connectivity index (χ4v) is 3.88. The van der Waals surface area contributed by atoms with Gasteiger partial charge in [0.15, 0.2) is 0 Å². The maximum atomic E-state index is 10.7. The molecule has 0 fully saturated rings. The third kappa shape index (κ3) is 3.59. The highest BCUT2D eigenvalue weighted by molar-refractivity contribution is 5.42. The van der Waals surface area contributed by atoms with E-state index in [-0.39, 0.29) is 16.7 Å². The Morgan fingerprint density at radius 3 is 2.48 bits per heavy atom. The van der Waals surface area contributed by atoms with Crippen molar-refractivity contribution in [2.45, 2.75) is 58.0 Å². The Balaban J connectivity index is 2.46. The molecule has 0 saturated carbocycles. The van der Waals surface area contributed by atoms with Gasteiger partial charge in [0.25, 0.3) is 0 Å². The van der Waals surface area contributed by atoms with E-state index >= 15 is 0 Å². The van der Waals surface area contributed by atoms with Crippen LogP contribution in [0.5, 0.6) is 5.75 Å². The Labute approximate surface area is 152 Å². The molecule has 1 aliphatic carbocycles. The summed E-state index contributed by atoms with van der Waals surface area (Å²) in [6.07, 6.45) is 10.2. The first-order valence-electron chi connectivity index (χ1n) is 9.04. The van der Waals surface area contributed by atoms with Gasteiger partial charge in [0.1, 0.15) is 5.75 Å². The van der Waals surface area contributed by atoms with Gasteiger partial charge in [0.2, 0.25) is 0 Å². The Hall–Kier alpha value is -1.80. The highest BCUT2D eigenvalue weighted by Crippen LogP contribution is 2.52. The molecule has 2 rings (SSSR count). The molecule has 25 heavy (non-hydrogen) atoms. The fraction of sp³-hybridized carbons (Fsp3) is 0.478. The highest BCUT2D eigenvalue weighted by atomic mass is 16.3. The van der Waals surface area contributed by atoms with E-state index in [1.54, 1.807) is 6.07 Å². The van der Waals surface area contributed by atoms with Crippen LogP contribution < -0.4 is 0 Å². The fourth-order valence-electron chi connectivity index (χ4n) is 3.88. The zero-order valence-corrected chi connectivity index (χ0v) is 16.0. The Morgan fingerprint density at radius 2 is 1.88 bits per heavy atom. The normalized spacial score (nSPS) is 29.4. The number of phenols is 1. The van der Waals surface area contributed by atoms with Crippen molar-refractivity contribution < 1.29 is 10.2 Å². The lowest BCUT2D eigenvalue weighted by atomic mass is 9.55. The van der Waals surface area contributed by atoms with Crippen molar-refractivity contribution in [2.24, 2.45) is 11.3 Å². The molecule has 2 heteroatoms. The molecule has 0 bridgehead atoms. The quantitative estimate of drug-likeness (QED) is 0.689. The summed E-state index contributed by atoms with van der Waals surface area (Å²) in [4.78, 5) is 0. The molecular weight excluding hydrogens is 308 g/mol. The number of rotatable bonds is 6. The van der Waals surface area contributed by atoms with Crippen LogP contribution in [0.15, 0.2) is 55.7 Å². The molecule has 0 spiro atoms. The van der Waals surface area contributed by atoms with Crippen molar-refractivity contribution in [2.75, 3.05) is 0 Å². The molecule has 1 aliphatic rings. The summed E-state index contributed by atoms with van der Waals surface area (Å²) < 4.78 is 0. The first-order chi connectivity index (χ1) is 11.6. The lowest BCUT2D eigenvalue weighted by Gasteiger charge is -2.50. The molecule has 0 amide bonds. The molecule has 136 valence electrons. The van der Waals surface area contributed by atoms with Crippen LogP contribution in [0.1, 0.15) is 51.7 Å². The molecule has 0 heterocycles. The number of allylic oxidation sites excluding steroid dienone is 3. The van der Waals surface area contributed by atoms with Gasteiger partial charge in [-0.2, -0.15) is 0 Å². The monoisotopic (exact) mass is 340 g/mol. The third-order valence-corrected chi connectivity index (χ3v) is 6.33. The van der Waals surface area contributed by atoms with Crippen LogP contribution in [-0.4, -0.2) is 15.8 Å². The summed E-state index contributed by atoms with van der Waals surface area (Å²) in [5, 5.41) is 20.8. The summed E-state index contributed by atoms with van der Waals surface area (Å²) in [6.45, 7) is 16.3. The first kappa shape index (κ1) is 19.5. The summed E-state index contributed by atoms with van der Waals surface area (Å²) in [6, 6.07) is 5.88. The van der Waals surface area contributed by atoms with Crippen LogP contribution >= 0.6 is 0 Å². The molecule has 2 N–H and O–H groups in total. The van der Waals surface area contributed by atoms with Crippen molar-refractivity contribution >= 4 is 0 Å². The van der Waals surface area contributed by atoms with Gasteiger partial charge < -0.3 is 10.2 Å². The molecule has 1 aromatic rings. The van der Waals surface area contributed by atoms with Gasteiger partial charge in [0, 0.05) is 0 Å². The van der Waals surface area contributed by atoms with Gasteiger partial charge in [-0.3, -0.25) is 0 Å². The minimum atomic E-state index is -0.799. The lowest BCUT2D eigenvalue weighted by Crippen LogP contribution is -2.47. The maximum Gasteiger partial charge on any atom is 0.119 e. The zero-order valence-electron chi connectivity index (χ0n) is 16.0. The van der Waals surface area contributed by atoms with E-state index in [1.807, 2.05) is 31.2 Å². The number of aliphatic hydroxyl groups is 1. The number of phenolic OH excluding ortho intramolecular Hbond substituents is 1. The minimum Gasteiger partial charge on any atom is -0.508 e. The largest absolute Gasteiger partial charge is 0.508 e. The van der Waals surface area contributed by atoms with E-state index in [1.165, 1.54) is 5.56 Å². The molecule has 0 radical (unpaired) electrons. The average Bonchev–Trinajstić information content (AvgIpc) is 2.53. The summed E-state index contributed by atoms with van der Waals surface area (Å²) in [5.74, 6) is 0.459. The second-order valence-corrected chi connectivity index (χ2v) is 8.36. The van der Waals surface area contributed by atoms with E-state index in [0.717, 1.165) is 18.4 Å². The number of aromatic hydroxyl groups is 1. The maximum absolute atomic E-state index is 10.7. The molecule has 2 nitrogen and oxygen atoms in total. The minimum absolute atomic E-state index is 0.106. The van der Waals surface area contributed by atoms with E-state index in [4.69, 9.17) is 0 Å². The Morgan fingerprint density at radius 1 is 1.20 bits per heavy atom. The predicted octanol–water partition coefficient (Wildman–Crippen LogP) is 5.31. The summed E-state index contributed by atoms with van der Waals surface area (Å²) >= 11 is 0. The van der Waals surface area contributed by atoms with Gasteiger partial charge in [0.05, 0.1) is 5.60 Å². The zero-order chi connectivity index (χ0) is 18.9. The number of hydrogen-bond donors (Lipinski definition) is 2. The smallest absolute Gasteiger partial charge is 0.119 e. The van der Waals surface area contributed by atoms with Crippen molar-refractivity contribution in [3.63, 3.8) is 0 Å². The Kier molecular flexibility index (Phi) is 5.34. The van der Waals surface area contributed by atoms with Crippen LogP contribution in [0.25, 0.3) is 0 Å². The van der Waals surface area contributed by atoms with Gasteiger partial charge in [-0.1, -0.05) is 57.2 Å². The molecule has 0 saturated heterocycles. The SMILES string of the molecule is C=CCc1cc(C(C)(C)C2(C)C=CC(C)(O)C(CC=C)C2)ccc1O. The second-order valence-electron chi connectivity index (χ2n) is 8.36. The van der Waals surface area contributed by atoms with Crippen LogP contribution in [0.3, 0.4) is 0 Å². The van der Waals surface area contributed by atoms with E-state index in [9.17, 15) is 10.2 Å². The van der Waals surface area contributed by atoms with Gasteiger partial charge >= 0.3 is 0 Å². The molecular formula is C23H32O2. The van der Waals surface area contributed by atoms with Gasteiger partial charge in [-0.05, 0) is 60.1 Å². The van der Waals surface area contributed by atoms with Gasteiger partial charge in [-0.25, -0.2) is 0 Å². The number of benzene rings is 1. The van der Waals surface area contributed by atoms with Crippen LogP contribution in [0, 0.1) is 11.3 Å². The molecule has 3 unspecified atom stereocenters. The molecule has 3 atom stereocenters. The summed E-state index contributed by atoms with van der Waals surface area (Å²) in [5.41, 5.74) is 1.04. The van der Waals surface area contributed by atoms with Crippen molar-refractivity contribution in [3.05, 3.63) is 66.8 Å². The summed E-state index contributed by atoms with van der Waals surface area (Å²) in [7, 11) is 0. The van der Waals surface area contributed by atoms with E-state index in [0.29, 0.717) is 12.2 Å². The van der Waals surface area contributed by atoms with E-state index in [2.05, 4.69) is 46.1 Å². The van der Waals surface area contributed by atoms with Crippen LogP contribution in [-0.2, 0) is 11.8 Å². The lowest BCUT2D eigenvalue weighted by molar-refractivity contribution is 0.00347. The third-order valence-electron chi connectivity index (χ3n) is 6.33. The Bertz CT molecular complexity index is 681. The highest BCUT2D eigenvalue weighted by Gasteiger charge is 2.47. The molecule has 1 aromatic carbocycles. The predicted molar refractivity (Wildman–Crippen MR) is 106 cm³/mol. The molecule has 0 aromatic heterocycles. The van der Waals surface area contributed by atoms with Crippen LogP contribution in [0.2, 0.25) is 0 Å². The second kappa shape index (κ2) is 6.84. The standard InChI is InChI=1S/C23H32O2/c1-7-9-17-15-18(11-12-20(17)24)21(3,4)22(5)13-14-23(6,25)19(16-22)10-8-2/h7-8,11-15,19,24-25H,1-2,9-10,16H2,3-6H3.